The van der Waals surface area contributed by atoms with Crippen molar-refractivity contribution < 1.29 is 9.53 Å². The molecule has 1 saturated heterocycles. The van der Waals surface area contributed by atoms with E-state index in [1.807, 2.05) is 25.1 Å². The number of ether oxygens (including phenoxy) is 1. The van der Waals surface area contributed by atoms with Crippen molar-refractivity contribution >= 4 is 11.9 Å². The number of nitrogens with two attached hydrogens (primary N) is 1. The van der Waals surface area contributed by atoms with Crippen LogP contribution in [0.3, 0.4) is 0 Å². The number of primary amides is 1. The standard InChI is InChI=1S/C20H33N5O2/c1-4-22-20(24-17-8-10-25(11-9-17)14-19(21)26)23-13-16(3)27-18-7-5-6-15(2)12-18/h5-7,12,16-17H,4,8-11,13-14H2,1-3H3,(H2,21,26)(H2,22,23,24). The van der Waals surface area contributed by atoms with Crippen molar-refractivity contribution in [3.8, 4) is 5.75 Å². The van der Waals surface area contributed by atoms with Gasteiger partial charge in [0.1, 0.15) is 11.9 Å². The summed E-state index contributed by atoms with van der Waals surface area (Å²) in [5.41, 5.74) is 6.45. The first-order valence-corrected chi connectivity index (χ1v) is 9.75. The third-order valence-corrected chi connectivity index (χ3v) is 4.49. The summed E-state index contributed by atoms with van der Waals surface area (Å²) < 4.78 is 5.95. The van der Waals surface area contributed by atoms with E-state index in [9.17, 15) is 4.79 Å². The molecule has 0 saturated carbocycles. The molecule has 1 atom stereocenters. The van der Waals surface area contributed by atoms with Crippen LogP contribution >= 0.6 is 0 Å². The van der Waals surface area contributed by atoms with Crippen LogP contribution in [0.25, 0.3) is 0 Å². The summed E-state index contributed by atoms with van der Waals surface area (Å²) in [5.74, 6) is 1.42. The maximum atomic E-state index is 11.0. The summed E-state index contributed by atoms with van der Waals surface area (Å²) in [7, 11) is 0. The zero-order valence-corrected chi connectivity index (χ0v) is 16.7. The second-order valence-electron chi connectivity index (χ2n) is 7.13. The molecule has 0 aromatic heterocycles. The van der Waals surface area contributed by atoms with Crippen LogP contribution in [0.1, 0.15) is 32.3 Å². The lowest BCUT2D eigenvalue weighted by atomic mass is 10.1. The minimum Gasteiger partial charge on any atom is -0.489 e. The molecule has 2 rings (SSSR count). The van der Waals surface area contributed by atoms with E-state index < -0.39 is 0 Å². The molecule has 150 valence electrons. The summed E-state index contributed by atoms with van der Waals surface area (Å²) in [5, 5.41) is 6.80. The highest BCUT2D eigenvalue weighted by Gasteiger charge is 2.20. The van der Waals surface area contributed by atoms with Gasteiger partial charge in [0.15, 0.2) is 5.96 Å². The van der Waals surface area contributed by atoms with Crippen molar-refractivity contribution in [2.45, 2.75) is 45.8 Å². The van der Waals surface area contributed by atoms with Gasteiger partial charge in [0.05, 0.1) is 13.1 Å². The van der Waals surface area contributed by atoms with Crippen LogP contribution in [-0.2, 0) is 4.79 Å². The highest BCUT2D eigenvalue weighted by Crippen LogP contribution is 2.14. The number of rotatable bonds is 8. The minimum atomic E-state index is -0.265. The van der Waals surface area contributed by atoms with Gasteiger partial charge in [-0.3, -0.25) is 9.69 Å². The lowest BCUT2D eigenvalue weighted by molar-refractivity contribution is -0.119. The van der Waals surface area contributed by atoms with Crippen molar-refractivity contribution in [1.82, 2.24) is 15.5 Å². The molecule has 1 unspecified atom stereocenters. The predicted octanol–water partition coefficient (Wildman–Crippen LogP) is 1.27. The molecule has 0 aliphatic carbocycles. The fourth-order valence-electron chi connectivity index (χ4n) is 3.15. The monoisotopic (exact) mass is 375 g/mol. The molecule has 0 spiro atoms. The topological polar surface area (TPSA) is 92.0 Å². The number of guanidine groups is 1. The highest BCUT2D eigenvalue weighted by atomic mass is 16.5. The van der Waals surface area contributed by atoms with Crippen molar-refractivity contribution in [2.24, 2.45) is 10.7 Å². The van der Waals surface area contributed by atoms with Crippen LogP contribution in [0.15, 0.2) is 29.3 Å². The number of amides is 1. The van der Waals surface area contributed by atoms with E-state index in [1.165, 1.54) is 5.56 Å². The molecule has 1 amide bonds. The third kappa shape index (κ3) is 7.86. The molecular weight excluding hydrogens is 342 g/mol. The Bertz CT molecular complexity index is 627. The van der Waals surface area contributed by atoms with E-state index in [1.54, 1.807) is 0 Å². The van der Waals surface area contributed by atoms with Crippen LogP contribution < -0.4 is 21.1 Å². The molecule has 7 nitrogen and oxygen atoms in total. The molecule has 0 radical (unpaired) electrons. The Balaban J connectivity index is 1.82. The molecule has 1 fully saturated rings. The molecule has 4 N–H and O–H groups in total. The predicted molar refractivity (Wildman–Crippen MR) is 109 cm³/mol. The van der Waals surface area contributed by atoms with Gasteiger partial charge in [-0.15, -0.1) is 0 Å². The van der Waals surface area contributed by atoms with E-state index in [0.29, 0.717) is 19.1 Å². The smallest absolute Gasteiger partial charge is 0.231 e. The summed E-state index contributed by atoms with van der Waals surface area (Å²) >= 11 is 0. The van der Waals surface area contributed by atoms with Gasteiger partial charge in [-0.05, 0) is 51.3 Å². The number of aliphatic imine (C=N–C) groups is 1. The molecule has 0 bridgehead atoms. The van der Waals surface area contributed by atoms with Gasteiger partial charge in [0, 0.05) is 25.7 Å². The van der Waals surface area contributed by atoms with E-state index in [2.05, 4.69) is 40.4 Å². The molecule has 7 heteroatoms. The summed E-state index contributed by atoms with van der Waals surface area (Å²) in [4.78, 5) is 17.8. The normalized spacial score (nSPS) is 17.4. The first-order chi connectivity index (χ1) is 13.0. The zero-order chi connectivity index (χ0) is 19.6. The molecule has 1 aliphatic heterocycles. The van der Waals surface area contributed by atoms with Crippen LogP contribution in [0.4, 0.5) is 0 Å². The van der Waals surface area contributed by atoms with Gasteiger partial charge in [0.2, 0.25) is 5.91 Å². The van der Waals surface area contributed by atoms with Crippen molar-refractivity contribution in [1.29, 1.82) is 0 Å². The Hall–Kier alpha value is -2.28. The number of likely N-dealkylation sites (tertiary alicyclic amines) is 1. The van der Waals surface area contributed by atoms with Gasteiger partial charge in [-0.2, -0.15) is 0 Å². The van der Waals surface area contributed by atoms with Gasteiger partial charge in [-0.1, -0.05) is 12.1 Å². The Morgan fingerprint density at radius 2 is 2.15 bits per heavy atom. The molecule has 1 heterocycles. The Morgan fingerprint density at radius 1 is 1.41 bits per heavy atom. The number of hydrogen-bond acceptors (Lipinski definition) is 4. The van der Waals surface area contributed by atoms with E-state index in [4.69, 9.17) is 10.5 Å². The minimum absolute atomic E-state index is 0.0142. The van der Waals surface area contributed by atoms with Gasteiger partial charge in [0.25, 0.3) is 0 Å². The number of piperidine rings is 1. The lowest BCUT2D eigenvalue weighted by Crippen LogP contribution is -2.50. The summed E-state index contributed by atoms with van der Waals surface area (Å²) in [6.45, 7) is 9.59. The maximum absolute atomic E-state index is 11.0. The Morgan fingerprint density at radius 3 is 2.78 bits per heavy atom. The van der Waals surface area contributed by atoms with Crippen LogP contribution in [0.5, 0.6) is 5.75 Å². The fourth-order valence-corrected chi connectivity index (χ4v) is 3.15. The molecule has 1 aromatic rings. The van der Waals surface area contributed by atoms with E-state index in [0.717, 1.165) is 44.2 Å². The van der Waals surface area contributed by atoms with Gasteiger partial charge >= 0.3 is 0 Å². The van der Waals surface area contributed by atoms with E-state index in [-0.39, 0.29) is 12.0 Å². The number of aryl methyl sites for hydroxylation is 1. The number of carbonyl (C=O) groups is 1. The maximum Gasteiger partial charge on any atom is 0.231 e. The van der Waals surface area contributed by atoms with E-state index >= 15 is 0 Å². The summed E-state index contributed by atoms with van der Waals surface area (Å²) in [6.07, 6.45) is 1.92. The first kappa shape index (κ1) is 21.0. The van der Waals surface area contributed by atoms with Crippen LogP contribution in [0.2, 0.25) is 0 Å². The second-order valence-corrected chi connectivity index (χ2v) is 7.13. The average molecular weight is 376 g/mol. The number of carbonyl (C=O) groups excluding carboxylic acids is 1. The van der Waals surface area contributed by atoms with Crippen LogP contribution in [-0.4, -0.2) is 61.6 Å². The molecule has 1 aliphatic rings. The van der Waals surface area contributed by atoms with Crippen LogP contribution in [0, 0.1) is 6.92 Å². The number of nitrogens with zero attached hydrogens (tertiary/aromatic N) is 2. The number of nitrogens with one attached hydrogen (secondary N) is 2. The Labute approximate surface area is 162 Å². The van der Waals surface area contributed by atoms with Gasteiger partial charge < -0.3 is 21.1 Å². The largest absolute Gasteiger partial charge is 0.489 e. The SMILES string of the molecule is CCNC(=NCC(C)Oc1cccc(C)c1)NC1CCN(CC(N)=O)CC1. The third-order valence-electron chi connectivity index (χ3n) is 4.49. The second kappa shape index (κ2) is 10.8. The lowest BCUT2D eigenvalue weighted by Gasteiger charge is -2.32. The average Bonchev–Trinajstić information content (AvgIpc) is 2.61. The molecule has 1 aromatic carbocycles. The zero-order valence-electron chi connectivity index (χ0n) is 16.7. The Kier molecular flexibility index (Phi) is 8.39. The number of benzene rings is 1. The van der Waals surface area contributed by atoms with Crippen molar-refractivity contribution in [3.63, 3.8) is 0 Å². The summed E-state index contributed by atoms with van der Waals surface area (Å²) in [6, 6.07) is 8.40. The van der Waals surface area contributed by atoms with Crippen molar-refractivity contribution in [2.75, 3.05) is 32.7 Å². The first-order valence-electron chi connectivity index (χ1n) is 9.75. The quantitative estimate of drug-likeness (QED) is 0.470. The number of hydrogen-bond donors (Lipinski definition) is 3. The molecular formula is C20H33N5O2. The molecule has 27 heavy (non-hydrogen) atoms. The fraction of sp³-hybridized carbons (Fsp3) is 0.600. The van der Waals surface area contributed by atoms with Gasteiger partial charge in [-0.25, -0.2) is 4.99 Å². The highest BCUT2D eigenvalue weighted by molar-refractivity contribution is 5.80. The van der Waals surface area contributed by atoms with Crippen molar-refractivity contribution in [3.05, 3.63) is 29.8 Å².